The highest BCUT2D eigenvalue weighted by atomic mass is 19.1. The Morgan fingerprint density at radius 3 is 2.43 bits per heavy atom. The molecule has 2 rings (SSSR count). The number of halogens is 1. The lowest BCUT2D eigenvalue weighted by Gasteiger charge is -2.00. The van der Waals surface area contributed by atoms with Gasteiger partial charge in [0.1, 0.15) is 5.82 Å². The maximum atomic E-state index is 13.3. The number of nitriles is 2. The van der Waals surface area contributed by atoms with Crippen molar-refractivity contribution in [2.75, 3.05) is 0 Å². The minimum absolute atomic E-state index is 0.251. The fourth-order valence-corrected chi connectivity index (χ4v) is 1.67. The van der Waals surface area contributed by atoms with E-state index in [2.05, 4.69) is 0 Å². The van der Waals surface area contributed by atoms with Crippen molar-refractivity contribution in [2.45, 2.75) is 12.3 Å². The third-order valence-electron chi connectivity index (χ3n) is 2.64. The molecule has 1 aliphatic rings. The van der Waals surface area contributed by atoms with Gasteiger partial charge >= 0.3 is 0 Å². The summed E-state index contributed by atoms with van der Waals surface area (Å²) in [5.74, 6) is -0.580. The Morgan fingerprint density at radius 2 is 1.93 bits per heavy atom. The summed E-state index contributed by atoms with van der Waals surface area (Å²) in [4.78, 5) is 0. The fraction of sp³-hybridized carbons (Fsp3) is 0.273. The summed E-state index contributed by atoms with van der Waals surface area (Å²) in [5, 5.41) is 17.6. The van der Waals surface area contributed by atoms with Crippen LogP contribution in [-0.2, 0) is 0 Å². The van der Waals surface area contributed by atoms with Gasteiger partial charge in [0, 0.05) is 5.92 Å². The number of hydrogen-bond acceptors (Lipinski definition) is 2. The normalized spacial score (nSPS) is 22.1. The molecule has 0 heterocycles. The maximum Gasteiger partial charge on any atom is 0.151 e. The van der Waals surface area contributed by atoms with Gasteiger partial charge in [-0.05, 0) is 18.1 Å². The molecule has 2 nitrogen and oxygen atoms in total. The average Bonchev–Trinajstić information content (AvgIpc) is 2.94. The first-order chi connectivity index (χ1) is 6.73. The van der Waals surface area contributed by atoms with Gasteiger partial charge in [-0.3, -0.25) is 0 Å². The topological polar surface area (TPSA) is 47.6 Å². The molecular weight excluding hydrogens is 179 g/mol. The summed E-state index contributed by atoms with van der Waals surface area (Å²) < 4.78 is 13.3. The summed E-state index contributed by atoms with van der Waals surface area (Å²) in [6.07, 6.45) is 0.445. The minimum Gasteiger partial charge on any atom is -0.207 e. The van der Waals surface area contributed by atoms with Crippen LogP contribution >= 0.6 is 0 Å². The maximum absolute atomic E-state index is 13.3. The molecule has 3 heteroatoms. The average molecular weight is 186 g/mol. The molecule has 0 spiro atoms. The first-order valence-corrected chi connectivity index (χ1v) is 4.30. The SMILES string of the molecule is N#CC1(C#N)C[C@@H]1c1ccccc1F. The van der Waals surface area contributed by atoms with E-state index in [0.717, 1.165) is 0 Å². The Balaban J connectivity index is 2.36. The van der Waals surface area contributed by atoms with Crippen LogP contribution in [0.15, 0.2) is 24.3 Å². The van der Waals surface area contributed by atoms with Crippen LogP contribution in [0.3, 0.4) is 0 Å². The number of benzene rings is 1. The lowest BCUT2D eigenvalue weighted by Crippen LogP contribution is -1.97. The van der Waals surface area contributed by atoms with Crippen LogP contribution in [-0.4, -0.2) is 0 Å². The Kier molecular flexibility index (Phi) is 1.75. The lowest BCUT2D eigenvalue weighted by molar-refractivity contribution is 0.605. The van der Waals surface area contributed by atoms with Gasteiger partial charge in [-0.15, -0.1) is 0 Å². The van der Waals surface area contributed by atoms with E-state index in [-0.39, 0.29) is 11.7 Å². The Hall–Kier alpha value is -1.87. The molecule has 0 saturated heterocycles. The molecule has 68 valence electrons. The molecule has 1 aromatic rings. The van der Waals surface area contributed by atoms with Gasteiger partial charge < -0.3 is 0 Å². The molecule has 1 aromatic carbocycles. The molecule has 1 saturated carbocycles. The zero-order chi connectivity index (χ0) is 10.2. The van der Waals surface area contributed by atoms with E-state index in [9.17, 15) is 4.39 Å². The van der Waals surface area contributed by atoms with E-state index in [4.69, 9.17) is 10.5 Å². The molecule has 0 N–H and O–H groups in total. The Labute approximate surface area is 81.2 Å². The molecular formula is C11H7FN2. The van der Waals surface area contributed by atoms with Crippen molar-refractivity contribution in [3.63, 3.8) is 0 Å². The van der Waals surface area contributed by atoms with Gasteiger partial charge in [-0.2, -0.15) is 10.5 Å². The summed E-state index contributed by atoms with van der Waals surface area (Å²) >= 11 is 0. The highest BCUT2D eigenvalue weighted by molar-refractivity contribution is 5.41. The number of rotatable bonds is 1. The molecule has 0 aliphatic heterocycles. The first kappa shape index (κ1) is 8.72. The summed E-state index contributed by atoms with van der Waals surface area (Å²) in [6, 6.07) is 10.2. The van der Waals surface area contributed by atoms with Crippen LogP contribution < -0.4 is 0 Å². The predicted octanol–water partition coefficient (Wildman–Crippen LogP) is 2.35. The summed E-state index contributed by atoms with van der Waals surface area (Å²) in [5.41, 5.74) is -0.502. The van der Waals surface area contributed by atoms with Crippen LogP contribution in [0, 0.1) is 33.9 Å². The van der Waals surface area contributed by atoms with Crippen molar-refractivity contribution in [3.8, 4) is 12.1 Å². The van der Waals surface area contributed by atoms with E-state index >= 15 is 0 Å². The quantitative estimate of drug-likeness (QED) is 0.675. The van der Waals surface area contributed by atoms with Crippen LogP contribution in [0.5, 0.6) is 0 Å². The molecule has 14 heavy (non-hydrogen) atoms. The highest BCUT2D eigenvalue weighted by Crippen LogP contribution is 2.58. The zero-order valence-corrected chi connectivity index (χ0v) is 7.37. The van der Waals surface area contributed by atoms with Crippen molar-refractivity contribution < 1.29 is 4.39 Å². The van der Waals surface area contributed by atoms with E-state index in [1.54, 1.807) is 18.2 Å². The smallest absolute Gasteiger partial charge is 0.151 e. The molecule has 0 bridgehead atoms. The molecule has 0 aromatic heterocycles. The second kappa shape index (κ2) is 2.82. The predicted molar refractivity (Wildman–Crippen MR) is 47.4 cm³/mol. The van der Waals surface area contributed by atoms with Gasteiger partial charge in [-0.25, -0.2) is 4.39 Å². The standard InChI is InChI=1S/C11H7FN2/c12-10-4-2-1-3-8(10)9-5-11(9,6-13)7-14/h1-4,9H,5H2/t9-/m1/s1. The molecule has 0 radical (unpaired) electrons. The minimum atomic E-state index is -0.984. The van der Waals surface area contributed by atoms with Crippen LogP contribution in [0.25, 0.3) is 0 Å². The molecule has 1 atom stereocenters. The second-order valence-electron chi connectivity index (χ2n) is 3.47. The lowest BCUT2D eigenvalue weighted by atomic mass is 10.0. The van der Waals surface area contributed by atoms with Crippen LogP contribution in [0.4, 0.5) is 4.39 Å². The monoisotopic (exact) mass is 186 g/mol. The summed E-state index contributed by atoms with van der Waals surface area (Å²) in [7, 11) is 0. The summed E-state index contributed by atoms with van der Waals surface area (Å²) in [6.45, 7) is 0. The van der Waals surface area contributed by atoms with Crippen molar-refractivity contribution >= 4 is 0 Å². The Morgan fingerprint density at radius 1 is 1.29 bits per heavy atom. The zero-order valence-electron chi connectivity index (χ0n) is 7.37. The van der Waals surface area contributed by atoms with E-state index in [1.807, 2.05) is 12.1 Å². The van der Waals surface area contributed by atoms with Gasteiger partial charge in [0.05, 0.1) is 12.1 Å². The van der Waals surface area contributed by atoms with Crippen molar-refractivity contribution in [1.82, 2.24) is 0 Å². The van der Waals surface area contributed by atoms with E-state index in [1.165, 1.54) is 6.07 Å². The number of nitrogens with zero attached hydrogens (tertiary/aromatic N) is 2. The molecule has 1 aliphatic carbocycles. The van der Waals surface area contributed by atoms with Crippen LogP contribution in [0.1, 0.15) is 17.9 Å². The van der Waals surface area contributed by atoms with Crippen molar-refractivity contribution in [1.29, 1.82) is 10.5 Å². The highest BCUT2D eigenvalue weighted by Gasteiger charge is 2.57. The van der Waals surface area contributed by atoms with Crippen LogP contribution in [0.2, 0.25) is 0 Å². The third-order valence-corrected chi connectivity index (χ3v) is 2.64. The van der Waals surface area contributed by atoms with Crippen molar-refractivity contribution in [3.05, 3.63) is 35.6 Å². The largest absolute Gasteiger partial charge is 0.207 e. The van der Waals surface area contributed by atoms with Crippen molar-refractivity contribution in [2.24, 2.45) is 5.41 Å². The first-order valence-electron chi connectivity index (χ1n) is 4.30. The fourth-order valence-electron chi connectivity index (χ4n) is 1.67. The van der Waals surface area contributed by atoms with Gasteiger partial charge in [-0.1, -0.05) is 18.2 Å². The Bertz CT molecular complexity index is 439. The van der Waals surface area contributed by atoms with E-state index < -0.39 is 5.41 Å². The van der Waals surface area contributed by atoms with Gasteiger partial charge in [0.15, 0.2) is 5.41 Å². The molecule has 0 unspecified atom stereocenters. The van der Waals surface area contributed by atoms with E-state index in [0.29, 0.717) is 12.0 Å². The molecule has 0 amide bonds. The van der Waals surface area contributed by atoms with Gasteiger partial charge in [0.25, 0.3) is 0 Å². The second-order valence-corrected chi connectivity index (χ2v) is 3.47. The third kappa shape index (κ3) is 1.07. The number of hydrogen-bond donors (Lipinski definition) is 0. The van der Waals surface area contributed by atoms with Gasteiger partial charge in [0.2, 0.25) is 0 Å². The molecule has 1 fully saturated rings.